The number of hydrogen-bond donors (Lipinski definition) is 0. The first kappa shape index (κ1) is 63.9. The van der Waals surface area contributed by atoms with Crippen LogP contribution in [0.2, 0.25) is 0 Å². The highest BCUT2D eigenvalue weighted by molar-refractivity contribution is 5.71. The first-order valence-corrected chi connectivity index (χ1v) is 29.3. The zero-order valence-electron chi connectivity index (χ0n) is 44.5. The molecule has 66 heavy (non-hydrogen) atoms. The molecular formula is C60H112O6. The lowest BCUT2D eigenvalue weighted by Crippen LogP contribution is -2.30. The molecule has 0 saturated carbocycles. The van der Waals surface area contributed by atoms with Crippen molar-refractivity contribution in [1.82, 2.24) is 0 Å². The predicted octanol–water partition coefficient (Wildman–Crippen LogP) is 19.5. The maximum atomic E-state index is 12.9. The summed E-state index contributed by atoms with van der Waals surface area (Å²) in [6, 6.07) is 0. The van der Waals surface area contributed by atoms with Gasteiger partial charge in [-0.2, -0.15) is 0 Å². The van der Waals surface area contributed by atoms with Crippen molar-refractivity contribution in [3.63, 3.8) is 0 Å². The molecule has 0 aromatic heterocycles. The second-order valence-electron chi connectivity index (χ2n) is 19.9. The average molecular weight is 930 g/mol. The van der Waals surface area contributed by atoms with Gasteiger partial charge in [-0.3, -0.25) is 14.4 Å². The molecule has 0 amide bonds. The maximum absolute atomic E-state index is 12.9. The summed E-state index contributed by atoms with van der Waals surface area (Å²) < 4.78 is 16.9. The number of allylic oxidation sites excluding steroid dienone is 4. The van der Waals surface area contributed by atoms with E-state index in [1.807, 2.05) is 0 Å². The standard InChI is InChI=1S/C60H112O6/c1-4-7-10-13-16-19-22-25-28-30-32-35-38-41-44-47-50-53-59(62)65-56-57(55-64-58(61)52-49-46-43-40-37-34-27-24-21-18-15-12-9-6-3)66-60(63)54-51-48-45-42-39-36-33-31-29-26-23-20-17-14-11-8-5-2/h25,28,34,37,57H,4-24,26-27,29-33,35-36,38-56H2,1-3H3/b28-25-,37-34-. The van der Waals surface area contributed by atoms with E-state index >= 15 is 0 Å². The summed E-state index contributed by atoms with van der Waals surface area (Å²) in [5, 5.41) is 0. The van der Waals surface area contributed by atoms with Gasteiger partial charge in [0.05, 0.1) is 0 Å². The monoisotopic (exact) mass is 929 g/mol. The molecule has 0 N–H and O–H groups in total. The third-order valence-electron chi connectivity index (χ3n) is 13.2. The van der Waals surface area contributed by atoms with Crippen molar-refractivity contribution in [1.29, 1.82) is 0 Å². The van der Waals surface area contributed by atoms with E-state index in [1.54, 1.807) is 0 Å². The maximum Gasteiger partial charge on any atom is 0.306 e. The van der Waals surface area contributed by atoms with Gasteiger partial charge in [0.25, 0.3) is 0 Å². The largest absolute Gasteiger partial charge is 0.462 e. The summed E-state index contributed by atoms with van der Waals surface area (Å²) in [6.45, 7) is 6.66. The van der Waals surface area contributed by atoms with Crippen molar-refractivity contribution >= 4 is 17.9 Å². The van der Waals surface area contributed by atoms with Crippen LogP contribution in [0.1, 0.15) is 323 Å². The Morgan fingerprint density at radius 3 is 0.773 bits per heavy atom. The Kier molecular flexibility index (Phi) is 53.7. The molecule has 6 heteroatoms. The molecule has 0 radical (unpaired) electrons. The molecule has 1 atom stereocenters. The number of esters is 3. The van der Waals surface area contributed by atoms with E-state index in [0.29, 0.717) is 19.3 Å². The predicted molar refractivity (Wildman–Crippen MR) is 284 cm³/mol. The van der Waals surface area contributed by atoms with Crippen LogP contribution >= 0.6 is 0 Å². The molecule has 0 aliphatic rings. The highest BCUT2D eigenvalue weighted by Crippen LogP contribution is 2.17. The molecule has 0 aromatic carbocycles. The van der Waals surface area contributed by atoms with Crippen LogP contribution in [0.25, 0.3) is 0 Å². The Morgan fingerprint density at radius 2 is 0.500 bits per heavy atom. The Balaban J connectivity index is 4.34. The first-order chi connectivity index (χ1) is 32.5. The molecule has 388 valence electrons. The lowest BCUT2D eigenvalue weighted by molar-refractivity contribution is -0.167. The minimum atomic E-state index is -0.775. The number of unbranched alkanes of at least 4 members (excludes halogenated alkanes) is 39. The van der Waals surface area contributed by atoms with Gasteiger partial charge in [-0.25, -0.2) is 0 Å². The summed E-state index contributed by atoms with van der Waals surface area (Å²) in [4.78, 5) is 38.1. The molecule has 0 aliphatic carbocycles. The van der Waals surface area contributed by atoms with E-state index in [9.17, 15) is 14.4 Å². The van der Waals surface area contributed by atoms with Gasteiger partial charge in [0.1, 0.15) is 13.2 Å². The van der Waals surface area contributed by atoms with Crippen LogP contribution < -0.4 is 0 Å². The Bertz CT molecular complexity index is 1070. The molecule has 0 aliphatic heterocycles. The summed E-state index contributed by atoms with van der Waals surface area (Å²) in [7, 11) is 0. The van der Waals surface area contributed by atoms with Crippen LogP contribution in [-0.2, 0) is 28.6 Å². The number of rotatable bonds is 54. The van der Waals surface area contributed by atoms with Gasteiger partial charge in [-0.05, 0) is 70.6 Å². The van der Waals surface area contributed by atoms with Gasteiger partial charge in [-0.1, -0.05) is 257 Å². The highest BCUT2D eigenvalue weighted by atomic mass is 16.6. The number of carbonyl (C=O) groups is 3. The Hall–Kier alpha value is -2.11. The first-order valence-electron chi connectivity index (χ1n) is 29.3. The number of hydrogen-bond acceptors (Lipinski definition) is 6. The minimum absolute atomic E-state index is 0.0739. The summed E-state index contributed by atoms with van der Waals surface area (Å²) in [5.41, 5.74) is 0. The van der Waals surface area contributed by atoms with Crippen molar-refractivity contribution < 1.29 is 28.6 Å². The number of ether oxygens (including phenoxy) is 3. The number of carbonyl (C=O) groups excluding carboxylic acids is 3. The van der Waals surface area contributed by atoms with Crippen LogP contribution in [0.3, 0.4) is 0 Å². The Morgan fingerprint density at radius 1 is 0.288 bits per heavy atom. The van der Waals surface area contributed by atoms with Crippen molar-refractivity contribution in [3.8, 4) is 0 Å². The fourth-order valence-corrected chi connectivity index (χ4v) is 8.73. The van der Waals surface area contributed by atoms with Gasteiger partial charge < -0.3 is 14.2 Å². The summed E-state index contributed by atoms with van der Waals surface area (Å²) >= 11 is 0. The van der Waals surface area contributed by atoms with E-state index in [4.69, 9.17) is 14.2 Å². The van der Waals surface area contributed by atoms with Gasteiger partial charge in [-0.15, -0.1) is 0 Å². The zero-order valence-corrected chi connectivity index (χ0v) is 44.5. The van der Waals surface area contributed by atoms with E-state index in [0.717, 1.165) is 64.2 Å². The van der Waals surface area contributed by atoms with Gasteiger partial charge >= 0.3 is 17.9 Å². The summed E-state index contributed by atoms with van der Waals surface area (Å²) in [6.07, 6.45) is 64.5. The minimum Gasteiger partial charge on any atom is -0.462 e. The molecule has 0 rings (SSSR count). The quantitative estimate of drug-likeness (QED) is 0.0262. The summed E-state index contributed by atoms with van der Waals surface area (Å²) in [5.74, 6) is -0.873. The third kappa shape index (κ3) is 52.9. The van der Waals surface area contributed by atoms with Gasteiger partial charge in [0.15, 0.2) is 6.10 Å². The lowest BCUT2D eigenvalue weighted by Gasteiger charge is -2.18. The van der Waals surface area contributed by atoms with Gasteiger partial charge in [0.2, 0.25) is 0 Å². The van der Waals surface area contributed by atoms with Crippen molar-refractivity contribution in [2.45, 2.75) is 329 Å². The van der Waals surface area contributed by atoms with Crippen LogP contribution in [0.5, 0.6) is 0 Å². The topological polar surface area (TPSA) is 78.9 Å². The van der Waals surface area contributed by atoms with E-state index in [2.05, 4.69) is 45.1 Å². The highest BCUT2D eigenvalue weighted by Gasteiger charge is 2.19. The van der Waals surface area contributed by atoms with Crippen LogP contribution in [-0.4, -0.2) is 37.2 Å². The molecule has 1 unspecified atom stereocenters. The molecular weight excluding hydrogens is 817 g/mol. The normalized spacial score (nSPS) is 12.1. The fourth-order valence-electron chi connectivity index (χ4n) is 8.73. The smallest absolute Gasteiger partial charge is 0.306 e. The molecule has 0 bridgehead atoms. The second kappa shape index (κ2) is 55.5. The molecule has 0 saturated heterocycles. The average Bonchev–Trinajstić information content (AvgIpc) is 3.31. The second-order valence-corrected chi connectivity index (χ2v) is 19.9. The van der Waals surface area contributed by atoms with Crippen molar-refractivity contribution in [2.75, 3.05) is 13.2 Å². The van der Waals surface area contributed by atoms with E-state index < -0.39 is 6.10 Å². The van der Waals surface area contributed by atoms with Crippen LogP contribution in [0.15, 0.2) is 24.3 Å². The van der Waals surface area contributed by atoms with Crippen LogP contribution in [0, 0.1) is 0 Å². The van der Waals surface area contributed by atoms with Crippen molar-refractivity contribution in [2.24, 2.45) is 0 Å². The molecule has 0 heterocycles. The molecule has 0 spiro atoms. The van der Waals surface area contributed by atoms with Gasteiger partial charge in [0, 0.05) is 19.3 Å². The van der Waals surface area contributed by atoms with Crippen molar-refractivity contribution in [3.05, 3.63) is 24.3 Å². The third-order valence-corrected chi connectivity index (χ3v) is 13.2. The zero-order chi connectivity index (χ0) is 47.9. The van der Waals surface area contributed by atoms with E-state index in [1.165, 1.54) is 218 Å². The Labute approximate surface area is 411 Å². The fraction of sp³-hybridized carbons (Fsp3) is 0.883. The van der Waals surface area contributed by atoms with Crippen LogP contribution in [0.4, 0.5) is 0 Å². The molecule has 0 aromatic rings. The SMILES string of the molecule is CCCCCCCC/C=C\CCCCCCCCCC(=O)OCC(COC(=O)CCCCC/C=C\CCCCCCCCC)OC(=O)CCCCCCCCCCCCCCCCCCC. The lowest BCUT2D eigenvalue weighted by atomic mass is 10.0. The molecule has 6 nitrogen and oxygen atoms in total. The van der Waals surface area contributed by atoms with E-state index in [-0.39, 0.29) is 31.1 Å². The molecule has 0 fully saturated rings.